The zero-order chi connectivity index (χ0) is 13.5. The second kappa shape index (κ2) is 6.96. The van der Waals surface area contributed by atoms with E-state index in [9.17, 15) is 0 Å². The highest BCUT2D eigenvalue weighted by atomic mass is 32.2. The third-order valence-electron chi connectivity index (χ3n) is 2.50. The van der Waals surface area contributed by atoms with Crippen molar-refractivity contribution in [2.45, 2.75) is 33.1 Å². The Labute approximate surface area is 108 Å². The fourth-order valence-corrected chi connectivity index (χ4v) is 1.69. The molecule has 2 rings (SSSR count). The molecule has 0 bridgehead atoms. The summed E-state index contributed by atoms with van der Waals surface area (Å²) in [6.07, 6.45) is 3.49. The summed E-state index contributed by atoms with van der Waals surface area (Å²) >= 11 is 0. The third-order valence-corrected chi connectivity index (χ3v) is 2.50. The molecule has 0 saturated carbocycles. The van der Waals surface area contributed by atoms with Crippen molar-refractivity contribution in [3.8, 4) is 0 Å². The van der Waals surface area contributed by atoms with Gasteiger partial charge in [0.1, 0.15) is 11.3 Å². The molecule has 0 saturated heterocycles. The Hall–Kier alpha value is -1.62. The number of unbranched alkanes of at least 4 members (excludes halogenated alkanes) is 1. The van der Waals surface area contributed by atoms with Gasteiger partial charge in [0.25, 0.3) is 0 Å². The molecule has 1 N–H and O–H groups in total. The van der Waals surface area contributed by atoms with Gasteiger partial charge in [-0.3, -0.25) is 0 Å². The average molecular weight is 267 g/mol. The fourth-order valence-electron chi connectivity index (χ4n) is 1.69. The standard InChI is InChI=1S/C13H16O.HNO2S/c1-3-4-5-12-9-11-8-10(2)6-7-13(11)14-12;1-4(2)3/h6-9H,3-5H2,1-2H3;1H. The second-order valence-electron chi connectivity index (χ2n) is 4.09. The first-order valence-electron chi connectivity index (χ1n) is 5.82. The number of furan rings is 1. The van der Waals surface area contributed by atoms with Crippen LogP contribution in [0, 0.1) is 11.7 Å². The number of nitrogens with one attached hydrogen (secondary N) is 1. The molecule has 0 aliphatic rings. The maximum Gasteiger partial charge on any atom is 0.308 e. The largest absolute Gasteiger partial charge is 0.461 e. The highest BCUT2D eigenvalue weighted by Crippen LogP contribution is 2.21. The van der Waals surface area contributed by atoms with Crippen molar-refractivity contribution < 1.29 is 12.8 Å². The van der Waals surface area contributed by atoms with Crippen LogP contribution in [0.25, 0.3) is 11.0 Å². The predicted molar refractivity (Wildman–Crippen MR) is 71.2 cm³/mol. The molecule has 0 atom stereocenters. The molecule has 0 radical (unpaired) electrons. The predicted octanol–water partition coefficient (Wildman–Crippen LogP) is 3.71. The van der Waals surface area contributed by atoms with Crippen LogP contribution in [0.4, 0.5) is 0 Å². The fraction of sp³-hybridized carbons (Fsp3) is 0.385. The molecule has 4 nitrogen and oxygen atoms in total. The lowest BCUT2D eigenvalue weighted by Crippen LogP contribution is -1.78. The van der Waals surface area contributed by atoms with Crippen LogP contribution in [-0.2, 0) is 16.9 Å². The van der Waals surface area contributed by atoms with Crippen molar-refractivity contribution in [2.75, 3.05) is 0 Å². The lowest BCUT2D eigenvalue weighted by Gasteiger charge is -1.91. The van der Waals surface area contributed by atoms with Crippen molar-refractivity contribution in [2.24, 2.45) is 0 Å². The van der Waals surface area contributed by atoms with Gasteiger partial charge in [0, 0.05) is 11.8 Å². The van der Waals surface area contributed by atoms with Gasteiger partial charge >= 0.3 is 10.5 Å². The molecule has 0 spiro atoms. The van der Waals surface area contributed by atoms with E-state index >= 15 is 0 Å². The van der Waals surface area contributed by atoms with Crippen LogP contribution in [-0.4, -0.2) is 8.42 Å². The van der Waals surface area contributed by atoms with Crippen LogP contribution >= 0.6 is 0 Å². The number of benzene rings is 1. The van der Waals surface area contributed by atoms with E-state index < -0.39 is 10.5 Å². The monoisotopic (exact) mass is 267 g/mol. The molecule has 1 aromatic carbocycles. The smallest absolute Gasteiger partial charge is 0.308 e. The molecule has 1 aromatic heterocycles. The summed E-state index contributed by atoms with van der Waals surface area (Å²) in [7, 11) is -2.61. The molecule has 0 aliphatic carbocycles. The molecule has 2 aromatic rings. The number of hydrogen-bond acceptors (Lipinski definition) is 4. The molecular formula is C13H17NO3S. The van der Waals surface area contributed by atoms with Crippen LogP contribution in [0.3, 0.4) is 0 Å². The van der Waals surface area contributed by atoms with Crippen molar-refractivity contribution in [1.82, 2.24) is 0 Å². The number of aryl methyl sites for hydroxylation is 2. The van der Waals surface area contributed by atoms with Crippen LogP contribution in [0.5, 0.6) is 0 Å². The third kappa shape index (κ3) is 4.71. The molecule has 0 unspecified atom stereocenters. The van der Waals surface area contributed by atoms with E-state index in [2.05, 4.69) is 38.1 Å². The van der Waals surface area contributed by atoms with E-state index in [-0.39, 0.29) is 0 Å². The molecule has 0 aliphatic heterocycles. The minimum absolute atomic E-state index is 1.02. The molecular weight excluding hydrogens is 250 g/mol. The van der Waals surface area contributed by atoms with Crippen LogP contribution < -0.4 is 0 Å². The van der Waals surface area contributed by atoms with Gasteiger partial charge < -0.3 is 4.42 Å². The zero-order valence-electron chi connectivity index (χ0n) is 10.6. The van der Waals surface area contributed by atoms with E-state index in [0.29, 0.717) is 0 Å². The Morgan fingerprint density at radius 2 is 1.94 bits per heavy atom. The first kappa shape index (κ1) is 14.4. The lowest BCUT2D eigenvalue weighted by molar-refractivity contribution is 0.536. The van der Waals surface area contributed by atoms with Gasteiger partial charge in [-0.05, 0) is 31.5 Å². The van der Waals surface area contributed by atoms with Gasteiger partial charge in [0.15, 0.2) is 0 Å². The van der Waals surface area contributed by atoms with Gasteiger partial charge in [-0.1, -0.05) is 25.0 Å². The number of rotatable bonds is 3. The molecule has 0 fully saturated rings. The zero-order valence-corrected chi connectivity index (χ0v) is 11.4. The molecule has 1 heterocycles. The minimum Gasteiger partial charge on any atom is -0.461 e. The van der Waals surface area contributed by atoms with E-state index in [4.69, 9.17) is 17.6 Å². The van der Waals surface area contributed by atoms with E-state index in [1.54, 1.807) is 0 Å². The van der Waals surface area contributed by atoms with E-state index in [1.165, 1.54) is 23.8 Å². The van der Waals surface area contributed by atoms with Gasteiger partial charge in [-0.2, -0.15) is 13.2 Å². The second-order valence-corrected chi connectivity index (χ2v) is 4.56. The van der Waals surface area contributed by atoms with Gasteiger partial charge in [0.05, 0.1) is 0 Å². The van der Waals surface area contributed by atoms with Crippen molar-refractivity contribution >= 4 is 21.5 Å². The Morgan fingerprint density at radius 1 is 1.28 bits per heavy atom. The highest BCUT2D eigenvalue weighted by Gasteiger charge is 2.02. The highest BCUT2D eigenvalue weighted by molar-refractivity contribution is 7.60. The summed E-state index contributed by atoms with van der Waals surface area (Å²) in [5.41, 5.74) is 2.31. The van der Waals surface area contributed by atoms with Crippen molar-refractivity contribution in [1.29, 1.82) is 4.78 Å². The summed E-state index contributed by atoms with van der Waals surface area (Å²) in [6, 6.07) is 8.49. The maximum absolute atomic E-state index is 8.67. The van der Waals surface area contributed by atoms with E-state index in [0.717, 1.165) is 17.8 Å². The first-order valence-corrected chi connectivity index (χ1v) is 6.90. The average Bonchev–Trinajstić information content (AvgIpc) is 2.67. The number of fused-ring (bicyclic) bond motifs is 1. The first-order chi connectivity index (χ1) is 8.52. The summed E-state index contributed by atoms with van der Waals surface area (Å²) in [4.78, 5) is 0. The Bertz CT molecular complexity index is 607. The normalized spacial score (nSPS) is 9.89. The van der Waals surface area contributed by atoms with Crippen molar-refractivity contribution in [3.05, 3.63) is 35.6 Å². The molecule has 5 heteroatoms. The number of hydrogen-bond donors (Lipinski definition) is 1. The SMILES string of the molecule is CCCCc1cc2cc(C)ccc2o1.N=S(=O)=O. The Morgan fingerprint density at radius 3 is 2.56 bits per heavy atom. The molecule has 98 valence electrons. The van der Waals surface area contributed by atoms with Crippen LogP contribution in [0.1, 0.15) is 31.1 Å². The summed E-state index contributed by atoms with van der Waals surface area (Å²) in [5, 5.41) is 1.23. The Balaban J connectivity index is 0.000000357. The molecule has 0 amide bonds. The van der Waals surface area contributed by atoms with Gasteiger partial charge in [-0.15, -0.1) is 0 Å². The van der Waals surface area contributed by atoms with Crippen LogP contribution in [0.15, 0.2) is 28.7 Å². The Kier molecular flexibility index (Phi) is 5.58. The molecule has 18 heavy (non-hydrogen) atoms. The van der Waals surface area contributed by atoms with Crippen LogP contribution in [0.2, 0.25) is 0 Å². The lowest BCUT2D eigenvalue weighted by atomic mass is 10.1. The van der Waals surface area contributed by atoms with E-state index in [1.807, 2.05) is 0 Å². The topological polar surface area (TPSA) is 71.1 Å². The summed E-state index contributed by atoms with van der Waals surface area (Å²) in [6.45, 7) is 4.31. The summed E-state index contributed by atoms with van der Waals surface area (Å²) < 4.78 is 28.6. The van der Waals surface area contributed by atoms with Gasteiger partial charge in [0.2, 0.25) is 0 Å². The minimum atomic E-state index is -2.61. The van der Waals surface area contributed by atoms with Gasteiger partial charge in [-0.25, -0.2) is 0 Å². The maximum atomic E-state index is 8.67. The summed E-state index contributed by atoms with van der Waals surface area (Å²) in [5.74, 6) is 1.12. The van der Waals surface area contributed by atoms with Crippen molar-refractivity contribution in [3.63, 3.8) is 0 Å². The quantitative estimate of drug-likeness (QED) is 0.921.